The van der Waals surface area contributed by atoms with Gasteiger partial charge in [-0.2, -0.15) is 5.26 Å². The molecule has 0 saturated heterocycles. The van der Waals surface area contributed by atoms with Crippen LogP contribution >= 0.6 is 11.6 Å². The summed E-state index contributed by atoms with van der Waals surface area (Å²) in [5, 5.41) is 17.9. The van der Waals surface area contributed by atoms with Crippen molar-refractivity contribution in [2.45, 2.75) is 26.4 Å². The molecule has 0 aromatic carbocycles. The van der Waals surface area contributed by atoms with Gasteiger partial charge in [0.05, 0.1) is 12.2 Å². The van der Waals surface area contributed by atoms with Crippen molar-refractivity contribution >= 4 is 11.6 Å². The number of halogens is 1. The number of hydrogen-bond acceptors (Lipinski definition) is 3. The van der Waals surface area contributed by atoms with E-state index >= 15 is 0 Å². The zero-order valence-electron chi connectivity index (χ0n) is 8.91. The minimum Gasteiger partial charge on any atom is -0.391 e. The van der Waals surface area contributed by atoms with Crippen molar-refractivity contribution in [3.8, 4) is 6.07 Å². The highest BCUT2D eigenvalue weighted by Crippen LogP contribution is 2.02. The molecular formula is C10H19ClN2O. The van der Waals surface area contributed by atoms with Crippen LogP contribution in [0.3, 0.4) is 0 Å². The SMILES string of the molecule is CC(C)CN(CCC#N)CC(O)CCl. The first-order valence-corrected chi connectivity index (χ1v) is 5.47. The molecule has 0 aromatic rings. The Morgan fingerprint density at radius 1 is 1.43 bits per heavy atom. The number of nitriles is 1. The Bertz CT molecular complexity index is 179. The van der Waals surface area contributed by atoms with Crippen LogP contribution in [0.25, 0.3) is 0 Å². The van der Waals surface area contributed by atoms with Crippen molar-refractivity contribution in [3.63, 3.8) is 0 Å². The molecule has 0 aromatic heterocycles. The van der Waals surface area contributed by atoms with Crippen LogP contribution in [0, 0.1) is 17.2 Å². The fourth-order valence-corrected chi connectivity index (χ4v) is 1.43. The van der Waals surface area contributed by atoms with Crippen molar-refractivity contribution in [2.75, 3.05) is 25.5 Å². The third-order valence-corrected chi connectivity index (χ3v) is 2.17. The average Bonchev–Trinajstić information content (AvgIpc) is 2.13. The highest BCUT2D eigenvalue weighted by Gasteiger charge is 2.11. The van der Waals surface area contributed by atoms with E-state index in [1.54, 1.807) is 0 Å². The van der Waals surface area contributed by atoms with Gasteiger partial charge in [-0.1, -0.05) is 13.8 Å². The maximum atomic E-state index is 9.38. The molecule has 4 heteroatoms. The van der Waals surface area contributed by atoms with Crippen LogP contribution < -0.4 is 0 Å². The molecule has 0 bridgehead atoms. The highest BCUT2D eigenvalue weighted by molar-refractivity contribution is 6.18. The third-order valence-electron chi connectivity index (χ3n) is 1.81. The van der Waals surface area contributed by atoms with Crippen molar-refractivity contribution in [1.82, 2.24) is 4.90 Å². The van der Waals surface area contributed by atoms with E-state index in [0.29, 0.717) is 25.4 Å². The van der Waals surface area contributed by atoms with Gasteiger partial charge in [0.2, 0.25) is 0 Å². The summed E-state index contributed by atoms with van der Waals surface area (Å²) in [5.41, 5.74) is 0. The Kier molecular flexibility index (Phi) is 7.87. The van der Waals surface area contributed by atoms with E-state index in [1.165, 1.54) is 0 Å². The van der Waals surface area contributed by atoms with Gasteiger partial charge in [-0.3, -0.25) is 4.90 Å². The van der Waals surface area contributed by atoms with E-state index in [1.807, 2.05) is 0 Å². The molecule has 1 N–H and O–H groups in total. The zero-order valence-corrected chi connectivity index (χ0v) is 9.67. The number of rotatable bonds is 7. The zero-order chi connectivity index (χ0) is 11.0. The normalized spacial score (nSPS) is 13.2. The smallest absolute Gasteiger partial charge is 0.0802 e. The van der Waals surface area contributed by atoms with Crippen LogP contribution in [-0.4, -0.2) is 41.6 Å². The second-order valence-corrected chi connectivity index (χ2v) is 4.18. The number of alkyl halides is 1. The molecule has 0 fully saturated rings. The highest BCUT2D eigenvalue weighted by atomic mass is 35.5. The molecule has 0 spiro atoms. The lowest BCUT2D eigenvalue weighted by Gasteiger charge is -2.24. The summed E-state index contributed by atoms with van der Waals surface area (Å²) < 4.78 is 0. The maximum Gasteiger partial charge on any atom is 0.0802 e. The summed E-state index contributed by atoms with van der Waals surface area (Å²) in [6.07, 6.45) is 0.0101. The van der Waals surface area contributed by atoms with Gasteiger partial charge in [0.15, 0.2) is 0 Å². The lowest BCUT2D eigenvalue weighted by Crippen LogP contribution is -2.36. The van der Waals surface area contributed by atoms with Gasteiger partial charge in [0, 0.05) is 31.9 Å². The van der Waals surface area contributed by atoms with Crippen molar-refractivity contribution < 1.29 is 5.11 Å². The first-order valence-electron chi connectivity index (χ1n) is 4.93. The summed E-state index contributed by atoms with van der Waals surface area (Å²) >= 11 is 5.52. The van der Waals surface area contributed by atoms with E-state index in [-0.39, 0.29) is 5.88 Å². The van der Waals surface area contributed by atoms with E-state index in [0.717, 1.165) is 6.54 Å². The summed E-state index contributed by atoms with van der Waals surface area (Å²) in [6, 6.07) is 2.11. The quantitative estimate of drug-likeness (QED) is 0.659. The Balaban J connectivity index is 3.91. The van der Waals surface area contributed by atoms with Crippen LogP contribution in [0.4, 0.5) is 0 Å². The van der Waals surface area contributed by atoms with E-state index in [9.17, 15) is 5.11 Å². The van der Waals surface area contributed by atoms with Crippen molar-refractivity contribution in [2.24, 2.45) is 5.92 Å². The van der Waals surface area contributed by atoms with Gasteiger partial charge in [-0.15, -0.1) is 11.6 Å². The summed E-state index contributed by atoms with van der Waals surface area (Å²) in [7, 11) is 0. The van der Waals surface area contributed by atoms with E-state index in [2.05, 4.69) is 24.8 Å². The molecule has 1 atom stereocenters. The fourth-order valence-electron chi connectivity index (χ4n) is 1.33. The molecule has 0 aliphatic heterocycles. The molecule has 0 rings (SSSR count). The number of aliphatic hydroxyl groups is 1. The topological polar surface area (TPSA) is 47.3 Å². The van der Waals surface area contributed by atoms with Crippen LogP contribution in [0.2, 0.25) is 0 Å². The Morgan fingerprint density at radius 3 is 2.50 bits per heavy atom. The molecule has 0 amide bonds. The molecule has 0 aliphatic rings. The van der Waals surface area contributed by atoms with Gasteiger partial charge in [0.25, 0.3) is 0 Å². The van der Waals surface area contributed by atoms with Crippen LogP contribution in [0.1, 0.15) is 20.3 Å². The number of aliphatic hydroxyl groups excluding tert-OH is 1. The molecule has 0 radical (unpaired) electrons. The van der Waals surface area contributed by atoms with Crippen molar-refractivity contribution in [3.05, 3.63) is 0 Å². The standard InChI is InChI=1S/C10H19ClN2O/c1-9(2)7-13(5-3-4-12)8-10(14)6-11/h9-10,14H,3,5-8H2,1-2H3. The van der Waals surface area contributed by atoms with Gasteiger partial charge in [-0.25, -0.2) is 0 Å². The molecule has 3 nitrogen and oxygen atoms in total. The first-order chi connectivity index (χ1) is 6.60. The lowest BCUT2D eigenvalue weighted by atomic mass is 10.2. The van der Waals surface area contributed by atoms with Crippen LogP contribution in [-0.2, 0) is 0 Å². The summed E-state index contributed by atoms with van der Waals surface area (Å²) in [6.45, 7) is 6.40. The largest absolute Gasteiger partial charge is 0.391 e. The summed E-state index contributed by atoms with van der Waals surface area (Å²) in [5.74, 6) is 0.789. The fraction of sp³-hybridized carbons (Fsp3) is 0.900. The molecule has 82 valence electrons. The molecule has 0 saturated carbocycles. The molecule has 0 heterocycles. The van der Waals surface area contributed by atoms with E-state index in [4.69, 9.17) is 16.9 Å². The molecule has 0 aliphatic carbocycles. The lowest BCUT2D eigenvalue weighted by molar-refractivity contribution is 0.122. The Morgan fingerprint density at radius 2 is 2.07 bits per heavy atom. The van der Waals surface area contributed by atoms with Crippen molar-refractivity contribution in [1.29, 1.82) is 5.26 Å². The maximum absolute atomic E-state index is 9.38. The Labute approximate surface area is 91.3 Å². The minimum absolute atomic E-state index is 0.251. The van der Waals surface area contributed by atoms with Gasteiger partial charge in [-0.05, 0) is 5.92 Å². The van der Waals surface area contributed by atoms with Gasteiger partial charge in [0.1, 0.15) is 0 Å². The Hall–Kier alpha value is -0.300. The van der Waals surface area contributed by atoms with E-state index < -0.39 is 6.10 Å². The van der Waals surface area contributed by atoms with Crippen LogP contribution in [0.5, 0.6) is 0 Å². The minimum atomic E-state index is -0.492. The third kappa shape index (κ3) is 7.14. The number of nitrogens with zero attached hydrogens (tertiary/aromatic N) is 2. The monoisotopic (exact) mass is 218 g/mol. The average molecular weight is 219 g/mol. The predicted molar refractivity (Wildman–Crippen MR) is 58.2 cm³/mol. The van der Waals surface area contributed by atoms with Crippen LogP contribution in [0.15, 0.2) is 0 Å². The number of hydrogen-bond donors (Lipinski definition) is 1. The van der Waals surface area contributed by atoms with Gasteiger partial charge < -0.3 is 5.11 Å². The molecular weight excluding hydrogens is 200 g/mol. The first kappa shape index (κ1) is 13.7. The molecule has 14 heavy (non-hydrogen) atoms. The second kappa shape index (κ2) is 8.05. The van der Waals surface area contributed by atoms with Gasteiger partial charge >= 0.3 is 0 Å². The molecule has 1 unspecified atom stereocenters. The summed E-state index contributed by atoms with van der Waals surface area (Å²) in [4.78, 5) is 2.08. The second-order valence-electron chi connectivity index (χ2n) is 3.87. The predicted octanol–water partition coefficient (Wildman–Crippen LogP) is 1.46.